The molecule has 1 aliphatic heterocycles. The molecule has 0 bridgehead atoms. The zero-order chi connectivity index (χ0) is 14.8. The fourth-order valence-corrected chi connectivity index (χ4v) is 4.19. The SMILES string of the molecule is C[C@H]1C[C@H](C)CN(S(=O)(=O)/C=C/c2ccc(Cl)cc2)C1. The van der Waals surface area contributed by atoms with Gasteiger partial charge in [0.15, 0.2) is 0 Å². The lowest BCUT2D eigenvalue weighted by Gasteiger charge is -2.33. The predicted molar refractivity (Wildman–Crippen MR) is 83.9 cm³/mol. The molecule has 1 aliphatic rings. The third-order valence-corrected chi connectivity index (χ3v) is 5.25. The molecule has 110 valence electrons. The van der Waals surface area contributed by atoms with Gasteiger partial charge in [-0.25, -0.2) is 8.42 Å². The Hall–Kier alpha value is -0.840. The van der Waals surface area contributed by atoms with E-state index in [-0.39, 0.29) is 0 Å². The minimum Gasteiger partial charge on any atom is -0.208 e. The van der Waals surface area contributed by atoms with Crippen LogP contribution in [0.2, 0.25) is 5.02 Å². The van der Waals surface area contributed by atoms with Gasteiger partial charge in [0.05, 0.1) is 0 Å². The zero-order valence-corrected chi connectivity index (χ0v) is 13.4. The smallest absolute Gasteiger partial charge is 0.208 e. The molecule has 0 aromatic heterocycles. The van der Waals surface area contributed by atoms with E-state index >= 15 is 0 Å². The summed E-state index contributed by atoms with van der Waals surface area (Å²) >= 11 is 5.80. The Labute approximate surface area is 126 Å². The standard InChI is InChI=1S/C15H20ClNO2S/c1-12-9-13(2)11-17(10-12)20(18,19)8-7-14-3-5-15(16)6-4-14/h3-8,12-13H,9-11H2,1-2H3/b8-7+/t12-,13-/m0/s1. The molecule has 0 radical (unpaired) electrons. The van der Waals surface area contributed by atoms with E-state index in [2.05, 4.69) is 13.8 Å². The largest absolute Gasteiger partial charge is 0.236 e. The van der Waals surface area contributed by atoms with Gasteiger partial charge in [-0.3, -0.25) is 0 Å². The Morgan fingerprint density at radius 1 is 1.15 bits per heavy atom. The molecule has 5 heteroatoms. The van der Waals surface area contributed by atoms with Gasteiger partial charge in [-0.05, 0) is 42.0 Å². The third-order valence-electron chi connectivity index (χ3n) is 3.50. The first kappa shape index (κ1) is 15.5. The van der Waals surface area contributed by atoms with Crippen LogP contribution in [0.25, 0.3) is 6.08 Å². The molecule has 1 heterocycles. The van der Waals surface area contributed by atoms with E-state index in [4.69, 9.17) is 11.6 Å². The van der Waals surface area contributed by atoms with E-state index in [0.717, 1.165) is 12.0 Å². The van der Waals surface area contributed by atoms with Crippen molar-refractivity contribution in [1.82, 2.24) is 4.31 Å². The predicted octanol–water partition coefficient (Wildman–Crippen LogP) is 3.62. The monoisotopic (exact) mass is 313 g/mol. The molecule has 0 amide bonds. The molecule has 2 atom stereocenters. The van der Waals surface area contributed by atoms with Crippen LogP contribution in [0.1, 0.15) is 25.8 Å². The highest BCUT2D eigenvalue weighted by atomic mass is 35.5. The fraction of sp³-hybridized carbons (Fsp3) is 0.467. The van der Waals surface area contributed by atoms with Crippen LogP contribution in [0.3, 0.4) is 0 Å². The molecule has 1 aromatic carbocycles. The number of rotatable bonds is 3. The highest BCUT2D eigenvalue weighted by Gasteiger charge is 2.28. The Morgan fingerprint density at radius 2 is 1.70 bits per heavy atom. The van der Waals surface area contributed by atoms with Gasteiger partial charge in [-0.1, -0.05) is 37.6 Å². The summed E-state index contributed by atoms with van der Waals surface area (Å²) < 4.78 is 26.2. The van der Waals surface area contributed by atoms with Crippen LogP contribution in [0.5, 0.6) is 0 Å². The summed E-state index contributed by atoms with van der Waals surface area (Å²) in [5, 5.41) is 1.93. The van der Waals surface area contributed by atoms with Crippen LogP contribution in [-0.2, 0) is 10.0 Å². The molecule has 0 N–H and O–H groups in total. The van der Waals surface area contributed by atoms with Gasteiger partial charge in [0.1, 0.15) is 0 Å². The van der Waals surface area contributed by atoms with Gasteiger partial charge in [-0.15, -0.1) is 0 Å². The molecule has 0 unspecified atom stereocenters. The van der Waals surface area contributed by atoms with Crippen molar-refractivity contribution >= 4 is 27.7 Å². The van der Waals surface area contributed by atoms with Crippen molar-refractivity contribution in [3.63, 3.8) is 0 Å². The maximum atomic E-state index is 12.3. The van der Waals surface area contributed by atoms with Crippen molar-refractivity contribution in [1.29, 1.82) is 0 Å². The third kappa shape index (κ3) is 4.08. The second kappa shape index (κ2) is 6.29. The number of sulfonamides is 1. The van der Waals surface area contributed by atoms with Gasteiger partial charge < -0.3 is 0 Å². The Morgan fingerprint density at radius 3 is 2.25 bits per heavy atom. The maximum absolute atomic E-state index is 12.3. The molecular weight excluding hydrogens is 294 g/mol. The fourth-order valence-electron chi connectivity index (χ4n) is 2.64. The average molecular weight is 314 g/mol. The number of halogens is 1. The normalized spacial score (nSPS) is 25.1. The molecule has 1 aromatic rings. The van der Waals surface area contributed by atoms with Crippen molar-refractivity contribution in [2.45, 2.75) is 20.3 Å². The van der Waals surface area contributed by atoms with Gasteiger partial charge in [0, 0.05) is 23.5 Å². The zero-order valence-electron chi connectivity index (χ0n) is 11.8. The first-order chi connectivity index (χ1) is 9.37. The molecule has 0 aliphatic carbocycles. The summed E-state index contributed by atoms with van der Waals surface area (Å²) in [6, 6.07) is 7.10. The Balaban J connectivity index is 2.12. The summed E-state index contributed by atoms with van der Waals surface area (Å²) in [6.45, 7) is 5.41. The van der Waals surface area contributed by atoms with Crippen LogP contribution >= 0.6 is 11.6 Å². The van der Waals surface area contributed by atoms with Crippen LogP contribution in [0.15, 0.2) is 29.7 Å². The molecule has 0 saturated carbocycles. The van der Waals surface area contributed by atoms with Gasteiger partial charge in [-0.2, -0.15) is 4.31 Å². The Kier molecular flexibility index (Phi) is 4.89. The van der Waals surface area contributed by atoms with Gasteiger partial charge in [0.2, 0.25) is 10.0 Å². The minimum atomic E-state index is -3.34. The van der Waals surface area contributed by atoms with Crippen molar-refractivity contribution in [2.24, 2.45) is 11.8 Å². The summed E-state index contributed by atoms with van der Waals surface area (Å²) in [6.07, 6.45) is 2.71. The number of nitrogens with zero attached hydrogens (tertiary/aromatic N) is 1. The first-order valence-corrected chi connectivity index (χ1v) is 8.69. The van der Waals surface area contributed by atoms with Crippen molar-refractivity contribution in [3.8, 4) is 0 Å². The quantitative estimate of drug-likeness (QED) is 0.854. The van der Waals surface area contributed by atoms with Crippen molar-refractivity contribution < 1.29 is 8.42 Å². The molecule has 1 saturated heterocycles. The van der Waals surface area contributed by atoms with E-state index in [0.29, 0.717) is 29.9 Å². The number of benzene rings is 1. The Bertz CT molecular complexity index is 570. The van der Waals surface area contributed by atoms with Crippen LogP contribution in [-0.4, -0.2) is 25.8 Å². The first-order valence-electron chi connectivity index (χ1n) is 6.80. The molecular formula is C15H20ClNO2S. The molecule has 20 heavy (non-hydrogen) atoms. The van der Waals surface area contributed by atoms with Gasteiger partial charge >= 0.3 is 0 Å². The van der Waals surface area contributed by atoms with Crippen LogP contribution < -0.4 is 0 Å². The highest BCUT2D eigenvalue weighted by Crippen LogP contribution is 2.24. The summed E-state index contributed by atoms with van der Waals surface area (Å²) in [4.78, 5) is 0. The average Bonchev–Trinajstić information content (AvgIpc) is 2.37. The number of piperidine rings is 1. The summed E-state index contributed by atoms with van der Waals surface area (Å²) in [5.74, 6) is 0.829. The van der Waals surface area contributed by atoms with E-state index in [1.54, 1.807) is 34.6 Å². The van der Waals surface area contributed by atoms with E-state index in [9.17, 15) is 8.42 Å². The molecule has 1 fully saturated rings. The topological polar surface area (TPSA) is 37.4 Å². The van der Waals surface area contributed by atoms with E-state index < -0.39 is 10.0 Å². The lowest BCUT2D eigenvalue weighted by Crippen LogP contribution is -2.41. The van der Waals surface area contributed by atoms with Crippen LogP contribution in [0, 0.1) is 11.8 Å². The molecule has 0 spiro atoms. The van der Waals surface area contributed by atoms with Crippen LogP contribution in [0.4, 0.5) is 0 Å². The summed E-state index contributed by atoms with van der Waals surface area (Å²) in [5.41, 5.74) is 0.830. The lowest BCUT2D eigenvalue weighted by molar-refractivity contribution is 0.224. The van der Waals surface area contributed by atoms with Gasteiger partial charge in [0.25, 0.3) is 0 Å². The lowest BCUT2D eigenvalue weighted by atomic mass is 9.94. The molecule has 2 rings (SSSR count). The second-order valence-electron chi connectivity index (χ2n) is 5.66. The minimum absolute atomic E-state index is 0.414. The van der Waals surface area contributed by atoms with Crippen molar-refractivity contribution in [2.75, 3.05) is 13.1 Å². The second-order valence-corrected chi connectivity index (χ2v) is 7.92. The number of hydrogen-bond acceptors (Lipinski definition) is 2. The van der Waals surface area contributed by atoms with E-state index in [1.165, 1.54) is 5.41 Å². The highest BCUT2D eigenvalue weighted by molar-refractivity contribution is 7.92. The summed E-state index contributed by atoms with van der Waals surface area (Å²) in [7, 11) is -3.34. The van der Waals surface area contributed by atoms with Crippen molar-refractivity contribution in [3.05, 3.63) is 40.3 Å². The maximum Gasteiger partial charge on any atom is 0.236 e. The molecule has 3 nitrogen and oxygen atoms in total. The van der Waals surface area contributed by atoms with E-state index in [1.807, 2.05) is 0 Å². The number of hydrogen-bond donors (Lipinski definition) is 0.